The molecule has 1 fully saturated rings. The summed E-state index contributed by atoms with van der Waals surface area (Å²) in [5.74, 6) is 1.30. The van der Waals surface area contributed by atoms with Crippen molar-refractivity contribution in [2.45, 2.75) is 51.7 Å². The van der Waals surface area contributed by atoms with Gasteiger partial charge in [-0.25, -0.2) is 4.79 Å². The van der Waals surface area contributed by atoms with E-state index >= 15 is 0 Å². The van der Waals surface area contributed by atoms with E-state index in [1.165, 1.54) is 10.1 Å². The monoisotopic (exact) mass is 441 g/mol. The molecule has 32 heavy (non-hydrogen) atoms. The molecular weight excluding hydrogens is 410 g/mol. The predicted molar refractivity (Wildman–Crippen MR) is 124 cm³/mol. The van der Waals surface area contributed by atoms with Crippen molar-refractivity contribution in [2.24, 2.45) is 7.05 Å². The smallest absolute Gasteiger partial charge is 0.329 e. The minimum atomic E-state index is -0.861. The molecule has 0 spiro atoms. The van der Waals surface area contributed by atoms with Crippen LogP contribution in [0.3, 0.4) is 0 Å². The molecule has 1 aromatic carbocycles. The van der Waals surface area contributed by atoms with Gasteiger partial charge in [0.05, 0.1) is 6.54 Å². The van der Waals surface area contributed by atoms with Crippen molar-refractivity contribution in [1.82, 2.24) is 19.1 Å². The Morgan fingerprint density at radius 2 is 1.81 bits per heavy atom. The van der Waals surface area contributed by atoms with Gasteiger partial charge < -0.3 is 19.3 Å². The van der Waals surface area contributed by atoms with Gasteiger partial charge in [-0.3, -0.25) is 14.3 Å². The summed E-state index contributed by atoms with van der Waals surface area (Å²) in [5, 5.41) is 10.8. The Morgan fingerprint density at radius 1 is 1.12 bits per heavy atom. The Balaban J connectivity index is 1.63. The Labute approximate surface area is 186 Å². The fourth-order valence-electron chi connectivity index (χ4n) is 4.19. The summed E-state index contributed by atoms with van der Waals surface area (Å²) in [6, 6.07) is 7.79. The molecular formula is C23H31N5O4. The number of imidazole rings is 1. The maximum absolute atomic E-state index is 12.7. The molecule has 0 aliphatic carbocycles. The van der Waals surface area contributed by atoms with E-state index in [9.17, 15) is 14.7 Å². The molecule has 3 aromatic rings. The van der Waals surface area contributed by atoms with Gasteiger partial charge in [-0.05, 0) is 37.0 Å². The number of hydrogen-bond donors (Lipinski definition) is 2. The summed E-state index contributed by atoms with van der Waals surface area (Å²) in [4.78, 5) is 34.0. The number of ether oxygens (including phenoxy) is 1. The van der Waals surface area contributed by atoms with Crippen LogP contribution in [-0.2, 0) is 20.0 Å². The summed E-state index contributed by atoms with van der Waals surface area (Å²) < 4.78 is 8.84. The standard InChI is InChI=1S/C23H31N5O4/c1-3-16-8-10-18(11-9-16)32-15-17(29)14-28-19-20(26(2)23(31)25-21(19)30)24-22(28)27-12-6-4-5-7-13-27/h8-11,17,29H,3-7,12-15H2,1-2H3,(H,25,30,31)/t17-/m1/s1. The van der Waals surface area contributed by atoms with Gasteiger partial charge in [-0.2, -0.15) is 4.98 Å². The molecule has 1 aliphatic rings. The molecule has 2 aromatic heterocycles. The van der Waals surface area contributed by atoms with Gasteiger partial charge in [0.2, 0.25) is 5.95 Å². The lowest BCUT2D eigenvalue weighted by molar-refractivity contribution is 0.0936. The Morgan fingerprint density at radius 3 is 2.47 bits per heavy atom. The first-order valence-electron chi connectivity index (χ1n) is 11.3. The van der Waals surface area contributed by atoms with Crippen molar-refractivity contribution in [1.29, 1.82) is 0 Å². The molecule has 9 nitrogen and oxygen atoms in total. The largest absolute Gasteiger partial charge is 0.491 e. The first-order valence-corrected chi connectivity index (χ1v) is 11.3. The molecule has 2 N–H and O–H groups in total. The lowest BCUT2D eigenvalue weighted by atomic mass is 10.2. The number of aromatic nitrogens is 4. The fraction of sp³-hybridized carbons (Fsp3) is 0.522. The molecule has 0 saturated carbocycles. The number of rotatable bonds is 7. The van der Waals surface area contributed by atoms with Crippen molar-refractivity contribution in [3.63, 3.8) is 0 Å². The lowest BCUT2D eigenvalue weighted by Crippen LogP contribution is -2.32. The number of aromatic amines is 1. The van der Waals surface area contributed by atoms with E-state index in [0.29, 0.717) is 17.3 Å². The summed E-state index contributed by atoms with van der Waals surface area (Å²) in [6.07, 6.45) is 4.48. The molecule has 0 radical (unpaired) electrons. The van der Waals surface area contributed by atoms with Crippen LogP contribution in [0.25, 0.3) is 11.2 Å². The first-order chi connectivity index (χ1) is 15.5. The van der Waals surface area contributed by atoms with Gasteiger partial charge >= 0.3 is 5.69 Å². The van der Waals surface area contributed by atoms with Crippen molar-refractivity contribution >= 4 is 17.1 Å². The zero-order chi connectivity index (χ0) is 22.7. The minimum Gasteiger partial charge on any atom is -0.491 e. The Hall–Kier alpha value is -3.07. The lowest BCUT2D eigenvalue weighted by Gasteiger charge is -2.23. The van der Waals surface area contributed by atoms with Crippen LogP contribution in [0, 0.1) is 0 Å². The number of aryl methyl sites for hydroxylation is 2. The van der Waals surface area contributed by atoms with Crippen LogP contribution in [0.5, 0.6) is 5.75 Å². The van der Waals surface area contributed by atoms with Crippen LogP contribution < -0.4 is 20.9 Å². The van der Waals surface area contributed by atoms with E-state index in [4.69, 9.17) is 4.74 Å². The van der Waals surface area contributed by atoms with Crippen LogP contribution in [-0.4, -0.2) is 50.0 Å². The molecule has 3 heterocycles. The number of hydrogen-bond acceptors (Lipinski definition) is 6. The number of aliphatic hydroxyl groups is 1. The highest BCUT2D eigenvalue weighted by molar-refractivity contribution is 5.74. The minimum absolute atomic E-state index is 0.0776. The molecule has 1 atom stereocenters. The van der Waals surface area contributed by atoms with E-state index in [1.807, 2.05) is 24.3 Å². The summed E-state index contributed by atoms with van der Waals surface area (Å²) >= 11 is 0. The molecule has 0 amide bonds. The third-order valence-electron chi connectivity index (χ3n) is 6.04. The molecule has 9 heteroatoms. The van der Waals surface area contributed by atoms with Gasteiger partial charge in [-0.15, -0.1) is 0 Å². The van der Waals surface area contributed by atoms with Crippen LogP contribution in [0.1, 0.15) is 38.2 Å². The zero-order valence-electron chi connectivity index (χ0n) is 18.7. The average molecular weight is 442 g/mol. The highest BCUT2D eigenvalue weighted by Crippen LogP contribution is 2.23. The number of fused-ring (bicyclic) bond motifs is 1. The predicted octanol–water partition coefficient (Wildman–Crippen LogP) is 1.81. The molecule has 0 unspecified atom stereocenters. The Bertz CT molecular complexity index is 1170. The number of benzene rings is 1. The molecule has 172 valence electrons. The second-order valence-electron chi connectivity index (χ2n) is 8.38. The number of H-pyrrole nitrogens is 1. The van der Waals surface area contributed by atoms with Gasteiger partial charge in [0.15, 0.2) is 11.2 Å². The summed E-state index contributed by atoms with van der Waals surface area (Å²) in [7, 11) is 1.59. The van der Waals surface area contributed by atoms with Crippen molar-refractivity contribution in [3.8, 4) is 5.75 Å². The highest BCUT2D eigenvalue weighted by atomic mass is 16.5. The quantitative estimate of drug-likeness (QED) is 0.579. The second-order valence-corrected chi connectivity index (χ2v) is 8.38. The number of nitrogens with zero attached hydrogens (tertiary/aromatic N) is 4. The van der Waals surface area contributed by atoms with E-state index in [1.54, 1.807) is 11.6 Å². The summed E-state index contributed by atoms with van der Waals surface area (Å²) in [5.41, 5.74) is 0.822. The van der Waals surface area contributed by atoms with Gasteiger partial charge in [0.1, 0.15) is 18.5 Å². The Kier molecular flexibility index (Phi) is 6.64. The van der Waals surface area contributed by atoms with E-state index in [2.05, 4.69) is 21.8 Å². The number of anilines is 1. The maximum atomic E-state index is 12.7. The van der Waals surface area contributed by atoms with Crippen LogP contribution in [0.2, 0.25) is 0 Å². The SMILES string of the molecule is CCc1ccc(OC[C@H](O)Cn2c(N3CCCCCC3)nc3c2c(=O)[nH]c(=O)n3C)cc1. The summed E-state index contributed by atoms with van der Waals surface area (Å²) in [6.45, 7) is 3.95. The molecule has 1 aliphatic heterocycles. The van der Waals surface area contributed by atoms with Gasteiger partial charge in [0.25, 0.3) is 5.56 Å². The molecule has 4 rings (SSSR count). The molecule has 0 bridgehead atoms. The highest BCUT2D eigenvalue weighted by Gasteiger charge is 2.24. The van der Waals surface area contributed by atoms with E-state index < -0.39 is 17.4 Å². The first kappa shape index (κ1) is 22.1. The van der Waals surface area contributed by atoms with Gasteiger partial charge in [0, 0.05) is 20.1 Å². The zero-order valence-corrected chi connectivity index (χ0v) is 18.7. The van der Waals surface area contributed by atoms with Crippen molar-refractivity contribution < 1.29 is 9.84 Å². The third kappa shape index (κ3) is 4.57. The average Bonchev–Trinajstić information content (AvgIpc) is 2.97. The van der Waals surface area contributed by atoms with Gasteiger partial charge in [-0.1, -0.05) is 31.9 Å². The topological polar surface area (TPSA) is 105 Å². The van der Waals surface area contributed by atoms with Crippen molar-refractivity contribution in [2.75, 3.05) is 24.6 Å². The van der Waals surface area contributed by atoms with Crippen LogP contribution in [0.4, 0.5) is 5.95 Å². The van der Waals surface area contributed by atoms with E-state index in [-0.39, 0.29) is 18.7 Å². The molecule has 1 saturated heterocycles. The van der Waals surface area contributed by atoms with Crippen LogP contribution in [0.15, 0.2) is 33.9 Å². The number of aliphatic hydroxyl groups excluding tert-OH is 1. The van der Waals surface area contributed by atoms with Crippen LogP contribution >= 0.6 is 0 Å². The third-order valence-corrected chi connectivity index (χ3v) is 6.04. The van der Waals surface area contributed by atoms with Crippen molar-refractivity contribution in [3.05, 3.63) is 50.7 Å². The maximum Gasteiger partial charge on any atom is 0.329 e. The van der Waals surface area contributed by atoms with E-state index in [0.717, 1.165) is 45.2 Å². The normalized spacial score (nSPS) is 15.7. The number of nitrogens with one attached hydrogen (secondary N) is 1. The fourth-order valence-corrected chi connectivity index (χ4v) is 4.19. The second kappa shape index (κ2) is 9.60.